The summed E-state index contributed by atoms with van der Waals surface area (Å²) in [6.45, 7) is 4.41. The number of fused-ring (bicyclic) bond motifs is 1. The summed E-state index contributed by atoms with van der Waals surface area (Å²) in [4.78, 5) is 11.2. The van der Waals surface area contributed by atoms with Crippen molar-refractivity contribution in [3.8, 4) is 0 Å². The number of Topliss-reactive ketones (excluding diaryl/α,β-unsaturated/α-hetero) is 1. The molecule has 2 aliphatic rings. The maximum atomic E-state index is 11.2. The van der Waals surface area contributed by atoms with E-state index in [0.29, 0.717) is 17.1 Å². The smallest absolute Gasteiger partial charge is 0.134 e. The number of hydrogen-bond acceptors (Lipinski definition) is 1. The minimum absolute atomic E-state index is 0.307. The third-order valence-electron chi connectivity index (χ3n) is 3.31. The van der Waals surface area contributed by atoms with Gasteiger partial charge in [-0.25, -0.2) is 0 Å². The van der Waals surface area contributed by atoms with Gasteiger partial charge in [0.15, 0.2) is 0 Å². The third-order valence-corrected chi connectivity index (χ3v) is 3.31. The molecule has 0 heterocycles. The van der Waals surface area contributed by atoms with Gasteiger partial charge in [-0.1, -0.05) is 18.6 Å². The van der Waals surface area contributed by atoms with Crippen molar-refractivity contribution in [2.24, 2.45) is 11.3 Å². The molecule has 0 saturated heterocycles. The molecule has 0 unspecified atom stereocenters. The molecule has 0 radical (unpaired) electrons. The van der Waals surface area contributed by atoms with Crippen LogP contribution in [0.5, 0.6) is 0 Å². The molecule has 0 N–H and O–H groups in total. The number of ketones is 1. The molecular formula is C10H14O. The van der Waals surface area contributed by atoms with Crippen molar-refractivity contribution in [1.82, 2.24) is 0 Å². The van der Waals surface area contributed by atoms with Crippen LogP contribution in [0.15, 0.2) is 11.6 Å². The quantitative estimate of drug-likeness (QED) is 0.484. The first-order valence-electron chi connectivity index (χ1n) is 4.30. The van der Waals surface area contributed by atoms with Crippen LogP contribution in [0.3, 0.4) is 0 Å². The zero-order chi connectivity index (χ0) is 8.06. The first kappa shape index (κ1) is 7.08. The lowest BCUT2D eigenvalue weighted by molar-refractivity contribution is -0.118. The summed E-state index contributed by atoms with van der Waals surface area (Å²) in [5.41, 5.74) is 1.75. The van der Waals surface area contributed by atoms with Crippen molar-refractivity contribution in [1.29, 1.82) is 0 Å². The SMILES string of the molecule is CC1=CC[C@]2(C)CC(=O)C[C@H]12. The lowest BCUT2D eigenvalue weighted by Crippen LogP contribution is -2.16. The van der Waals surface area contributed by atoms with Crippen LogP contribution in [0.4, 0.5) is 0 Å². The number of carbonyl (C=O) groups is 1. The number of rotatable bonds is 0. The highest BCUT2D eigenvalue weighted by Gasteiger charge is 2.45. The van der Waals surface area contributed by atoms with Crippen molar-refractivity contribution in [2.75, 3.05) is 0 Å². The largest absolute Gasteiger partial charge is 0.300 e. The van der Waals surface area contributed by atoms with Crippen LogP contribution >= 0.6 is 0 Å². The lowest BCUT2D eigenvalue weighted by Gasteiger charge is -2.23. The summed E-state index contributed by atoms with van der Waals surface area (Å²) in [5.74, 6) is 1.04. The van der Waals surface area contributed by atoms with E-state index in [2.05, 4.69) is 19.9 Å². The van der Waals surface area contributed by atoms with Gasteiger partial charge in [0.05, 0.1) is 0 Å². The minimum atomic E-state index is 0.307. The molecule has 0 spiro atoms. The van der Waals surface area contributed by atoms with E-state index in [-0.39, 0.29) is 0 Å². The van der Waals surface area contributed by atoms with Gasteiger partial charge in [-0.15, -0.1) is 0 Å². The van der Waals surface area contributed by atoms with Crippen LogP contribution < -0.4 is 0 Å². The van der Waals surface area contributed by atoms with Gasteiger partial charge in [0.2, 0.25) is 0 Å². The molecule has 1 heteroatoms. The lowest BCUT2D eigenvalue weighted by atomic mass is 9.80. The van der Waals surface area contributed by atoms with Crippen molar-refractivity contribution in [3.05, 3.63) is 11.6 Å². The van der Waals surface area contributed by atoms with Crippen molar-refractivity contribution >= 4 is 5.78 Å². The highest BCUT2D eigenvalue weighted by Crippen LogP contribution is 2.51. The third kappa shape index (κ3) is 0.867. The van der Waals surface area contributed by atoms with Gasteiger partial charge in [-0.05, 0) is 24.7 Å². The molecule has 2 atom stereocenters. The molecule has 1 saturated carbocycles. The monoisotopic (exact) mass is 150 g/mol. The fraction of sp³-hybridized carbons (Fsp3) is 0.700. The van der Waals surface area contributed by atoms with Gasteiger partial charge in [-0.2, -0.15) is 0 Å². The zero-order valence-electron chi connectivity index (χ0n) is 7.18. The van der Waals surface area contributed by atoms with Gasteiger partial charge >= 0.3 is 0 Å². The maximum Gasteiger partial charge on any atom is 0.134 e. The van der Waals surface area contributed by atoms with Crippen LogP contribution in [-0.2, 0) is 4.79 Å². The van der Waals surface area contributed by atoms with Crippen molar-refractivity contribution < 1.29 is 4.79 Å². The normalized spacial score (nSPS) is 42.5. The fourth-order valence-corrected chi connectivity index (χ4v) is 2.58. The predicted octanol–water partition coefficient (Wildman–Crippen LogP) is 2.32. The van der Waals surface area contributed by atoms with E-state index in [1.165, 1.54) is 5.57 Å². The first-order chi connectivity index (χ1) is 5.12. The van der Waals surface area contributed by atoms with E-state index in [4.69, 9.17) is 0 Å². The summed E-state index contributed by atoms with van der Waals surface area (Å²) >= 11 is 0. The Bertz CT molecular complexity index is 239. The van der Waals surface area contributed by atoms with Gasteiger partial charge in [0, 0.05) is 12.8 Å². The highest BCUT2D eigenvalue weighted by atomic mass is 16.1. The second-order valence-corrected chi connectivity index (χ2v) is 4.28. The molecule has 11 heavy (non-hydrogen) atoms. The Balaban J connectivity index is 2.31. The minimum Gasteiger partial charge on any atom is -0.300 e. The van der Waals surface area contributed by atoms with E-state index < -0.39 is 0 Å². The van der Waals surface area contributed by atoms with E-state index in [0.717, 1.165) is 19.3 Å². The summed E-state index contributed by atoms with van der Waals surface area (Å²) in [6.07, 6.45) is 5.04. The molecule has 0 amide bonds. The van der Waals surface area contributed by atoms with Crippen molar-refractivity contribution in [2.45, 2.75) is 33.1 Å². The Morgan fingerprint density at radius 3 is 3.00 bits per heavy atom. The second kappa shape index (κ2) is 1.96. The molecule has 0 aromatic heterocycles. The van der Waals surface area contributed by atoms with Gasteiger partial charge < -0.3 is 0 Å². The van der Waals surface area contributed by atoms with E-state index in [1.807, 2.05) is 0 Å². The van der Waals surface area contributed by atoms with E-state index >= 15 is 0 Å². The Kier molecular flexibility index (Phi) is 1.26. The molecule has 2 rings (SSSR count). The highest BCUT2D eigenvalue weighted by molar-refractivity contribution is 5.83. The Morgan fingerprint density at radius 2 is 2.36 bits per heavy atom. The van der Waals surface area contributed by atoms with Crippen LogP contribution in [0.2, 0.25) is 0 Å². The summed E-state index contributed by atoms with van der Waals surface area (Å²) in [6, 6.07) is 0. The summed E-state index contributed by atoms with van der Waals surface area (Å²) < 4.78 is 0. The fourth-order valence-electron chi connectivity index (χ4n) is 2.58. The van der Waals surface area contributed by atoms with Crippen LogP contribution in [-0.4, -0.2) is 5.78 Å². The molecule has 0 aromatic rings. The Labute approximate surface area is 67.5 Å². The Morgan fingerprint density at radius 1 is 1.64 bits per heavy atom. The number of carbonyl (C=O) groups excluding carboxylic acids is 1. The molecule has 1 nitrogen and oxygen atoms in total. The van der Waals surface area contributed by atoms with Crippen LogP contribution in [0, 0.1) is 11.3 Å². The first-order valence-corrected chi connectivity index (χ1v) is 4.30. The van der Waals surface area contributed by atoms with E-state index in [9.17, 15) is 4.79 Å². The molecule has 1 fully saturated rings. The molecular weight excluding hydrogens is 136 g/mol. The Hall–Kier alpha value is -0.590. The van der Waals surface area contributed by atoms with Crippen molar-refractivity contribution in [3.63, 3.8) is 0 Å². The van der Waals surface area contributed by atoms with Gasteiger partial charge in [0.25, 0.3) is 0 Å². The average Bonchev–Trinajstić information content (AvgIpc) is 2.32. The summed E-state index contributed by atoms with van der Waals surface area (Å²) in [5, 5.41) is 0. The average molecular weight is 150 g/mol. The molecule has 0 aromatic carbocycles. The summed E-state index contributed by atoms with van der Waals surface area (Å²) in [7, 11) is 0. The van der Waals surface area contributed by atoms with Gasteiger partial charge in [0.1, 0.15) is 5.78 Å². The van der Waals surface area contributed by atoms with Crippen LogP contribution in [0.25, 0.3) is 0 Å². The predicted molar refractivity (Wildman–Crippen MR) is 44.2 cm³/mol. The van der Waals surface area contributed by atoms with E-state index in [1.54, 1.807) is 0 Å². The zero-order valence-corrected chi connectivity index (χ0v) is 7.18. The maximum absolute atomic E-state index is 11.2. The van der Waals surface area contributed by atoms with Gasteiger partial charge in [-0.3, -0.25) is 4.79 Å². The van der Waals surface area contributed by atoms with Crippen LogP contribution in [0.1, 0.15) is 33.1 Å². The molecule has 0 aliphatic heterocycles. The standard InChI is InChI=1S/C10H14O/c1-7-3-4-10(2)6-8(11)5-9(7)10/h3,9H,4-6H2,1-2H3/t9-,10-/m1/s1. The molecule has 60 valence electrons. The number of allylic oxidation sites excluding steroid dienone is 2. The topological polar surface area (TPSA) is 17.1 Å². The molecule has 0 bridgehead atoms. The molecule has 2 aliphatic carbocycles. The second-order valence-electron chi connectivity index (χ2n) is 4.28. The number of hydrogen-bond donors (Lipinski definition) is 0.